The van der Waals surface area contributed by atoms with Crippen LogP contribution in [0.2, 0.25) is 0 Å². The minimum Gasteiger partial charge on any atom is -0.493 e. The molecule has 0 saturated heterocycles. The summed E-state index contributed by atoms with van der Waals surface area (Å²) in [4.78, 5) is 16.1. The zero-order chi connectivity index (χ0) is 18.9. The van der Waals surface area contributed by atoms with E-state index in [1.165, 1.54) is 0 Å². The summed E-state index contributed by atoms with van der Waals surface area (Å²) in [6.45, 7) is 4.94. The van der Waals surface area contributed by atoms with Gasteiger partial charge in [0.25, 0.3) is 0 Å². The average molecular weight is 362 g/mol. The molecule has 0 bridgehead atoms. The highest BCUT2D eigenvalue weighted by molar-refractivity contribution is 5.73. The zero-order valence-corrected chi connectivity index (χ0v) is 15.7. The first-order chi connectivity index (χ1) is 12.5. The predicted molar refractivity (Wildman–Crippen MR) is 96.7 cm³/mol. The van der Waals surface area contributed by atoms with E-state index in [1.807, 2.05) is 32.0 Å². The maximum atomic E-state index is 11.8. The fraction of sp³-hybridized carbons (Fsp3) is 0.500. The van der Waals surface area contributed by atoms with Crippen LogP contribution in [0.15, 0.2) is 22.7 Å². The number of hydrogen-bond acceptors (Lipinski definition) is 6. The van der Waals surface area contributed by atoms with Crippen molar-refractivity contribution >= 4 is 6.03 Å². The smallest absolute Gasteiger partial charge is 0.314 e. The molecule has 8 nitrogen and oxygen atoms in total. The van der Waals surface area contributed by atoms with Gasteiger partial charge in [-0.05, 0) is 24.1 Å². The van der Waals surface area contributed by atoms with Crippen LogP contribution in [0.25, 0.3) is 0 Å². The molecular formula is C18H26N4O4. The van der Waals surface area contributed by atoms with Crippen molar-refractivity contribution in [2.24, 2.45) is 0 Å². The molecule has 1 heterocycles. The van der Waals surface area contributed by atoms with E-state index < -0.39 is 0 Å². The van der Waals surface area contributed by atoms with E-state index in [-0.39, 0.29) is 11.9 Å². The van der Waals surface area contributed by atoms with Crippen LogP contribution in [0.1, 0.15) is 37.0 Å². The number of amides is 2. The van der Waals surface area contributed by atoms with Crippen molar-refractivity contribution in [3.05, 3.63) is 35.5 Å². The van der Waals surface area contributed by atoms with Gasteiger partial charge in [-0.3, -0.25) is 0 Å². The fourth-order valence-electron chi connectivity index (χ4n) is 2.31. The van der Waals surface area contributed by atoms with Crippen LogP contribution in [0.5, 0.6) is 11.5 Å². The molecule has 0 unspecified atom stereocenters. The zero-order valence-electron chi connectivity index (χ0n) is 15.7. The third-order valence-corrected chi connectivity index (χ3v) is 3.77. The summed E-state index contributed by atoms with van der Waals surface area (Å²) in [5.74, 6) is 2.79. The lowest BCUT2D eigenvalue weighted by Crippen LogP contribution is -2.37. The Morgan fingerprint density at radius 1 is 1.12 bits per heavy atom. The molecule has 2 aromatic rings. The second-order valence-corrected chi connectivity index (χ2v) is 6.07. The molecular weight excluding hydrogens is 336 g/mol. The molecule has 142 valence electrons. The predicted octanol–water partition coefficient (Wildman–Crippen LogP) is 2.29. The number of methoxy groups -OCH3 is 2. The lowest BCUT2D eigenvalue weighted by molar-refractivity contribution is 0.240. The first-order valence-electron chi connectivity index (χ1n) is 8.58. The Morgan fingerprint density at radius 3 is 2.42 bits per heavy atom. The summed E-state index contributed by atoms with van der Waals surface area (Å²) >= 11 is 0. The van der Waals surface area contributed by atoms with Crippen LogP contribution in [0.3, 0.4) is 0 Å². The van der Waals surface area contributed by atoms with Gasteiger partial charge in [-0.15, -0.1) is 0 Å². The van der Waals surface area contributed by atoms with Gasteiger partial charge in [0.2, 0.25) is 5.89 Å². The van der Waals surface area contributed by atoms with E-state index in [1.54, 1.807) is 14.2 Å². The summed E-state index contributed by atoms with van der Waals surface area (Å²) in [6.07, 6.45) is 1.19. The van der Waals surface area contributed by atoms with Crippen molar-refractivity contribution in [2.75, 3.05) is 27.3 Å². The van der Waals surface area contributed by atoms with Crippen LogP contribution < -0.4 is 20.1 Å². The van der Waals surface area contributed by atoms with Crippen LogP contribution >= 0.6 is 0 Å². The molecule has 0 aliphatic carbocycles. The van der Waals surface area contributed by atoms with E-state index in [0.29, 0.717) is 49.1 Å². The van der Waals surface area contributed by atoms with E-state index >= 15 is 0 Å². The molecule has 0 aliphatic heterocycles. The van der Waals surface area contributed by atoms with Crippen LogP contribution in [-0.4, -0.2) is 43.5 Å². The van der Waals surface area contributed by atoms with Gasteiger partial charge < -0.3 is 24.6 Å². The number of aromatic nitrogens is 2. The maximum Gasteiger partial charge on any atom is 0.314 e. The molecule has 0 aliphatic rings. The Bertz CT molecular complexity index is 715. The number of nitrogens with one attached hydrogen (secondary N) is 2. The monoisotopic (exact) mass is 362 g/mol. The quantitative estimate of drug-likeness (QED) is 0.710. The normalized spacial score (nSPS) is 10.7. The van der Waals surface area contributed by atoms with Crippen LogP contribution in [0, 0.1) is 0 Å². The fourth-order valence-corrected chi connectivity index (χ4v) is 2.31. The Kier molecular flexibility index (Phi) is 7.25. The first-order valence-corrected chi connectivity index (χ1v) is 8.58. The Balaban J connectivity index is 1.68. The highest BCUT2D eigenvalue weighted by Crippen LogP contribution is 2.27. The van der Waals surface area contributed by atoms with Crippen LogP contribution in [0.4, 0.5) is 4.79 Å². The van der Waals surface area contributed by atoms with Crippen LogP contribution in [-0.2, 0) is 12.8 Å². The number of carbonyl (C=O) groups is 1. The molecule has 2 rings (SSSR count). The molecule has 0 saturated carbocycles. The number of urea groups is 1. The number of hydrogen-bond donors (Lipinski definition) is 2. The number of nitrogens with zero attached hydrogens (tertiary/aromatic N) is 2. The summed E-state index contributed by atoms with van der Waals surface area (Å²) in [6, 6.07) is 5.47. The molecule has 1 aromatic heterocycles. The van der Waals surface area contributed by atoms with E-state index in [9.17, 15) is 4.79 Å². The van der Waals surface area contributed by atoms with Crippen molar-refractivity contribution in [3.63, 3.8) is 0 Å². The lowest BCUT2D eigenvalue weighted by Gasteiger charge is -2.10. The molecule has 26 heavy (non-hydrogen) atoms. The number of carbonyl (C=O) groups excluding carboxylic acids is 1. The summed E-state index contributed by atoms with van der Waals surface area (Å²) in [5, 5.41) is 9.48. The number of rotatable bonds is 9. The lowest BCUT2D eigenvalue weighted by atomic mass is 10.1. The number of benzene rings is 1. The van der Waals surface area contributed by atoms with Gasteiger partial charge in [-0.1, -0.05) is 25.1 Å². The molecule has 2 amide bonds. The van der Waals surface area contributed by atoms with E-state index in [0.717, 1.165) is 5.56 Å². The molecule has 0 radical (unpaired) electrons. The van der Waals surface area contributed by atoms with Gasteiger partial charge in [0.1, 0.15) is 0 Å². The number of ether oxygens (including phenoxy) is 2. The highest BCUT2D eigenvalue weighted by atomic mass is 16.5. The Hall–Kier alpha value is -2.77. The van der Waals surface area contributed by atoms with Crippen molar-refractivity contribution in [1.82, 2.24) is 20.8 Å². The molecule has 0 fully saturated rings. The van der Waals surface area contributed by atoms with Gasteiger partial charge in [0.05, 0.1) is 14.2 Å². The average Bonchev–Trinajstić information content (AvgIpc) is 3.11. The van der Waals surface area contributed by atoms with Gasteiger partial charge in [0, 0.05) is 25.4 Å². The van der Waals surface area contributed by atoms with Crippen molar-refractivity contribution in [3.8, 4) is 11.5 Å². The van der Waals surface area contributed by atoms with E-state index in [4.69, 9.17) is 14.0 Å². The third kappa shape index (κ3) is 5.65. The summed E-state index contributed by atoms with van der Waals surface area (Å²) in [7, 11) is 3.20. The standard InChI is InChI=1S/C18H26N4O4/c1-12(2)17-21-16(26-22-17)8-10-20-18(23)19-9-7-13-5-6-14(24-3)15(11-13)25-4/h5-6,11-12H,7-10H2,1-4H3,(H2,19,20,23). The summed E-state index contributed by atoms with van der Waals surface area (Å²) < 4.78 is 15.6. The minimum atomic E-state index is -0.228. The third-order valence-electron chi connectivity index (χ3n) is 3.77. The topological polar surface area (TPSA) is 98.5 Å². The van der Waals surface area contributed by atoms with Gasteiger partial charge >= 0.3 is 6.03 Å². The van der Waals surface area contributed by atoms with Gasteiger partial charge in [-0.2, -0.15) is 4.98 Å². The Labute approximate surface area is 153 Å². The molecule has 1 aromatic carbocycles. The molecule has 2 N–H and O–H groups in total. The van der Waals surface area contributed by atoms with E-state index in [2.05, 4.69) is 20.8 Å². The maximum absolute atomic E-state index is 11.8. The molecule has 0 spiro atoms. The SMILES string of the molecule is COc1ccc(CCNC(=O)NCCc2nc(C(C)C)no2)cc1OC. The van der Waals surface area contributed by atoms with Crippen molar-refractivity contribution in [2.45, 2.75) is 32.6 Å². The van der Waals surface area contributed by atoms with Crippen molar-refractivity contribution in [1.29, 1.82) is 0 Å². The molecule has 8 heteroatoms. The second kappa shape index (κ2) is 9.65. The van der Waals surface area contributed by atoms with Gasteiger partial charge in [0.15, 0.2) is 17.3 Å². The Morgan fingerprint density at radius 2 is 1.81 bits per heavy atom. The molecule has 0 atom stereocenters. The largest absolute Gasteiger partial charge is 0.493 e. The highest BCUT2D eigenvalue weighted by Gasteiger charge is 2.10. The van der Waals surface area contributed by atoms with Crippen molar-refractivity contribution < 1.29 is 18.8 Å². The first kappa shape index (κ1) is 19.6. The second-order valence-electron chi connectivity index (χ2n) is 6.07. The summed E-state index contributed by atoms with van der Waals surface area (Å²) in [5.41, 5.74) is 1.05. The minimum absolute atomic E-state index is 0.223. The van der Waals surface area contributed by atoms with Gasteiger partial charge in [-0.25, -0.2) is 4.79 Å².